The fraction of sp³-hybridized carbons (Fsp3) is 0.889. The van der Waals surface area contributed by atoms with Gasteiger partial charge >= 0.3 is 0 Å². The lowest BCUT2D eigenvalue weighted by Gasteiger charge is -2.14. The lowest BCUT2D eigenvalue weighted by Crippen LogP contribution is -2.38. The minimum atomic E-state index is -1.16. The molecule has 0 spiro atoms. The third-order valence-electron chi connectivity index (χ3n) is 1.70. The van der Waals surface area contributed by atoms with Gasteiger partial charge in [0.15, 0.2) is 0 Å². The Labute approximate surface area is 109 Å². The predicted octanol–water partition coefficient (Wildman–Crippen LogP) is 1.92. The van der Waals surface area contributed by atoms with E-state index < -0.39 is 3.13 Å². The van der Waals surface area contributed by atoms with Crippen LogP contribution in [0, 0.1) is 0 Å². The number of carbonyl (C=O) groups is 1. The van der Waals surface area contributed by atoms with Crippen molar-refractivity contribution in [3.63, 3.8) is 0 Å². The number of rotatable bonds is 8. The first-order valence-corrected chi connectivity index (χ1v) is 6.59. The fourth-order valence-corrected chi connectivity index (χ4v) is 1.12. The number of halogens is 2. The molecule has 2 radical (unpaired) electrons. The molecular weight excluding hydrogens is 325 g/mol. The number of unbranched alkanes of at least 4 members (excludes halogenated alkanes) is 1. The Kier molecular flexibility index (Phi) is 8.85. The molecule has 1 amide bonds. The molecule has 0 atom stereocenters. The Balaban J connectivity index is 3.28. The molecule has 0 aromatic carbocycles. The molecule has 1 N–H and O–H groups in total. The van der Waals surface area contributed by atoms with Crippen molar-refractivity contribution in [1.29, 1.82) is 0 Å². The summed E-state index contributed by atoms with van der Waals surface area (Å²) in [6.45, 7) is 4.15. The molecule has 0 bridgehead atoms. The average Bonchev–Trinajstić information content (AvgIpc) is 2.14. The van der Waals surface area contributed by atoms with Crippen LogP contribution in [0.15, 0.2) is 0 Å². The van der Waals surface area contributed by atoms with E-state index in [0.717, 1.165) is 25.9 Å². The van der Waals surface area contributed by atoms with E-state index >= 15 is 0 Å². The van der Waals surface area contributed by atoms with Crippen molar-refractivity contribution < 1.29 is 9.53 Å². The number of hydrogen-bond donors (Lipinski definition) is 1. The van der Waals surface area contributed by atoms with Gasteiger partial charge in [0.05, 0.1) is 0 Å². The number of carbonyl (C=O) groups excluding carboxylic acids is 1. The maximum atomic E-state index is 11.2. The van der Waals surface area contributed by atoms with Gasteiger partial charge in [0.25, 0.3) is 0 Å². The van der Waals surface area contributed by atoms with Gasteiger partial charge in [-0.15, -0.1) is 0 Å². The Morgan fingerprint density at radius 3 is 2.53 bits per heavy atom. The van der Waals surface area contributed by atoms with Crippen LogP contribution in [0.2, 0.25) is 0 Å². The topological polar surface area (TPSA) is 38.3 Å². The van der Waals surface area contributed by atoms with E-state index in [1.807, 2.05) is 0 Å². The molecule has 86 valence electrons. The highest BCUT2D eigenvalue weighted by molar-refractivity contribution is 9.26. The van der Waals surface area contributed by atoms with Gasteiger partial charge in [-0.25, -0.2) is 0 Å². The first-order valence-electron chi connectivity index (χ1n) is 5.01. The summed E-state index contributed by atoms with van der Waals surface area (Å²) in [5, 5.41) is 2.68. The second-order valence-corrected chi connectivity index (χ2v) is 6.76. The Morgan fingerprint density at radius 1 is 1.40 bits per heavy atom. The third kappa shape index (κ3) is 9.39. The van der Waals surface area contributed by atoms with Crippen molar-refractivity contribution >= 4 is 45.6 Å². The highest BCUT2D eigenvalue weighted by Gasteiger charge is 2.24. The Morgan fingerprint density at radius 2 is 2.00 bits per heavy atom. The van der Waals surface area contributed by atoms with E-state index in [9.17, 15) is 4.79 Å². The summed E-state index contributed by atoms with van der Waals surface area (Å²) < 4.78 is 4.17. The maximum absolute atomic E-state index is 11.2. The van der Waals surface area contributed by atoms with Gasteiger partial charge in [-0.3, -0.25) is 4.79 Å². The maximum Gasteiger partial charge on any atom is 0.238 e. The fourth-order valence-electron chi connectivity index (χ4n) is 0.842. The van der Waals surface area contributed by atoms with Crippen LogP contribution < -0.4 is 5.32 Å². The van der Waals surface area contributed by atoms with Crippen molar-refractivity contribution in [1.82, 2.24) is 5.32 Å². The molecule has 0 aliphatic heterocycles. The van der Waals surface area contributed by atoms with Crippen molar-refractivity contribution in [3.05, 3.63) is 0 Å². The number of alkyl halides is 2. The lowest BCUT2D eigenvalue weighted by atomic mass is 10.0. The van der Waals surface area contributed by atoms with Crippen LogP contribution in [0.4, 0.5) is 0 Å². The summed E-state index contributed by atoms with van der Waals surface area (Å²) in [6.07, 6.45) is 3.02. The lowest BCUT2D eigenvalue weighted by molar-refractivity contribution is -0.119. The largest absolute Gasteiger partial charge is 0.381 e. The molecule has 0 saturated heterocycles. The normalized spacial score (nSPS) is 11.4. The van der Waals surface area contributed by atoms with E-state index in [0.29, 0.717) is 13.2 Å². The minimum absolute atomic E-state index is 0.281. The van der Waals surface area contributed by atoms with Gasteiger partial charge in [-0.2, -0.15) is 0 Å². The van der Waals surface area contributed by atoms with E-state index in [4.69, 9.17) is 12.6 Å². The Bertz CT molecular complexity index is 185. The van der Waals surface area contributed by atoms with Crippen molar-refractivity contribution in [3.8, 4) is 0 Å². The van der Waals surface area contributed by atoms with Gasteiger partial charge in [0.1, 0.15) is 11.0 Å². The summed E-state index contributed by atoms with van der Waals surface area (Å²) >= 11 is 6.00. The zero-order valence-electron chi connectivity index (χ0n) is 8.89. The number of ether oxygens (including phenoxy) is 1. The van der Waals surface area contributed by atoms with Crippen LogP contribution in [-0.4, -0.2) is 36.6 Å². The van der Waals surface area contributed by atoms with Gasteiger partial charge < -0.3 is 10.1 Å². The Hall–Kier alpha value is 0.455. The molecule has 0 saturated carbocycles. The summed E-state index contributed by atoms with van der Waals surface area (Å²) in [4.78, 5) is 11.2. The van der Waals surface area contributed by atoms with E-state index in [1.165, 1.54) is 0 Å². The van der Waals surface area contributed by atoms with Crippen LogP contribution in [0.3, 0.4) is 0 Å². The SMILES string of the molecule is [B]C(Br)(Br)C(=O)NCCCOCCCC. The average molecular weight is 341 g/mol. The van der Waals surface area contributed by atoms with Gasteiger partial charge in [0.2, 0.25) is 5.91 Å². The predicted molar refractivity (Wildman–Crippen MR) is 69.7 cm³/mol. The summed E-state index contributed by atoms with van der Waals surface area (Å²) in [7, 11) is 5.45. The van der Waals surface area contributed by atoms with Gasteiger partial charge in [0, 0.05) is 19.8 Å². The van der Waals surface area contributed by atoms with Crippen LogP contribution in [-0.2, 0) is 9.53 Å². The number of amides is 1. The molecule has 0 fully saturated rings. The van der Waals surface area contributed by atoms with Crippen molar-refractivity contribution in [2.45, 2.75) is 29.3 Å². The van der Waals surface area contributed by atoms with Crippen LogP contribution in [0.1, 0.15) is 26.2 Å². The second kappa shape index (κ2) is 8.59. The summed E-state index contributed by atoms with van der Waals surface area (Å²) in [5.41, 5.74) is 0. The summed E-state index contributed by atoms with van der Waals surface area (Å²) in [5.74, 6) is -0.281. The first-order chi connectivity index (χ1) is 6.98. The van der Waals surface area contributed by atoms with Crippen LogP contribution in [0.5, 0.6) is 0 Å². The molecule has 0 heterocycles. The number of hydrogen-bond acceptors (Lipinski definition) is 2. The van der Waals surface area contributed by atoms with E-state index in [2.05, 4.69) is 44.1 Å². The molecular formula is C9H16BBr2NO2. The molecule has 6 heteroatoms. The molecule has 3 nitrogen and oxygen atoms in total. The van der Waals surface area contributed by atoms with Gasteiger partial charge in [-0.1, -0.05) is 45.2 Å². The van der Waals surface area contributed by atoms with E-state index in [-0.39, 0.29) is 5.91 Å². The van der Waals surface area contributed by atoms with Crippen molar-refractivity contribution in [2.75, 3.05) is 19.8 Å². The highest BCUT2D eigenvalue weighted by atomic mass is 79.9. The van der Waals surface area contributed by atoms with Crippen molar-refractivity contribution in [2.24, 2.45) is 0 Å². The molecule has 0 aliphatic carbocycles. The molecule has 0 unspecified atom stereocenters. The molecule has 0 aromatic rings. The summed E-state index contributed by atoms with van der Waals surface area (Å²) in [6, 6.07) is 0. The molecule has 0 rings (SSSR count). The quantitative estimate of drug-likeness (QED) is 0.416. The minimum Gasteiger partial charge on any atom is -0.381 e. The highest BCUT2D eigenvalue weighted by Crippen LogP contribution is 2.20. The zero-order valence-corrected chi connectivity index (χ0v) is 12.1. The van der Waals surface area contributed by atoms with E-state index in [1.54, 1.807) is 0 Å². The first kappa shape index (κ1) is 15.5. The zero-order chi connectivity index (χ0) is 11.7. The smallest absolute Gasteiger partial charge is 0.238 e. The number of nitrogens with one attached hydrogen (secondary N) is 1. The third-order valence-corrected chi connectivity index (χ3v) is 2.42. The monoisotopic (exact) mass is 339 g/mol. The molecule has 15 heavy (non-hydrogen) atoms. The van der Waals surface area contributed by atoms with Crippen LogP contribution >= 0.6 is 31.9 Å². The van der Waals surface area contributed by atoms with Gasteiger partial charge in [-0.05, 0) is 12.8 Å². The molecule has 0 aromatic heterocycles. The molecule has 0 aliphatic rings. The second-order valence-electron chi connectivity index (χ2n) is 3.20. The van der Waals surface area contributed by atoms with Crippen LogP contribution in [0.25, 0.3) is 0 Å². The standard InChI is InChI=1S/C9H16BBr2NO2/c1-2-3-6-15-7-4-5-13-8(14)9(10,11)12/h2-7H2,1H3,(H,13,14).